The molecule has 0 unspecified atom stereocenters. The van der Waals surface area contributed by atoms with Gasteiger partial charge in [0.05, 0.1) is 6.61 Å². The predicted molar refractivity (Wildman–Crippen MR) is 70.1 cm³/mol. The van der Waals surface area contributed by atoms with Crippen molar-refractivity contribution in [3.05, 3.63) is 28.7 Å². The Morgan fingerprint density at radius 2 is 2.32 bits per heavy atom. The van der Waals surface area contributed by atoms with Crippen molar-refractivity contribution in [1.29, 1.82) is 0 Å². The van der Waals surface area contributed by atoms with Gasteiger partial charge in [-0.2, -0.15) is 0 Å². The van der Waals surface area contributed by atoms with Crippen LogP contribution < -0.4 is 21.3 Å². The number of carbonyl (C=O) groups excluding carboxylic acids is 1. The maximum absolute atomic E-state index is 11.9. The number of aromatic nitrogens is 1. The molecule has 3 N–H and O–H groups in total. The maximum Gasteiger partial charge on any atom is 0.292 e. The quantitative estimate of drug-likeness (QED) is 0.587. The van der Waals surface area contributed by atoms with Crippen LogP contribution in [0.3, 0.4) is 0 Å². The highest BCUT2D eigenvalue weighted by Crippen LogP contribution is 2.01. The molecule has 1 aromatic rings. The summed E-state index contributed by atoms with van der Waals surface area (Å²) in [6, 6.07) is 3.20. The lowest BCUT2D eigenvalue weighted by Crippen LogP contribution is -2.33. The predicted octanol–water partition coefficient (Wildman–Crippen LogP) is -1.05. The zero-order valence-corrected chi connectivity index (χ0v) is 10.9. The van der Waals surface area contributed by atoms with Crippen LogP contribution in [0.5, 0.6) is 5.75 Å². The molecule has 0 aromatic carbocycles. The molecule has 1 heterocycles. The largest absolute Gasteiger partial charge is 0.478 e. The molecule has 7 heteroatoms. The van der Waals surface area contributed by atoms with Gasteiger partial charge in [0, 0.05) is 32.9 Å². The van der Waals surface area contributed by atoms with Crippen molar-refractivity contribution >= 4 is 5.91 Å². The van der Waals surface area contributed by atoms with Crippen LogP contribution in [-0.4, -0.2) is 43.9 Å². The van der Waals surface area contributed by atoms with Gasteiger partial charge < -0.3 is 25.1 Å². The SMILES string of the molecule is COCCNC(=O)COc1cccn(CCN)c1=O. The zero-order valence-electron chi connectivity index (χ0n) is 10.9. The Balaban J connectivity index is 2.51. The van der Waals surface area contributed by atoms with E-state index in [1.54, 1.807) is 19.4 Å². The molecule has 0 aliphatic carbocycles. The first kappa shape index (κ1) is 15.2. The second-order valence-electron chi connectivity index (χ2n) is 3.79. The average molecular weight is 269 g/mol. The Morgan fingerprint density at radius 1 is 1.53 bits per heavy atom. The second-order valence-corrected chi connectivity index (χ2v) is 3.79. The van der Waals surface area contributed by atoms with E-state index in [2.05, 4.69) is 5.32 Å². The zero-order chi connectivity index (χ0) is 14.1. The van der Waals surface area contributed by atoms with Crippen molar-refractivity contribution in [2.24, 2.45) is 5.73 Å². The highest BCUT2D eigenvalue weighted by atomic mass is 16.5. The van der Waals surface area contributed by atoms with Crippen molar-refractivity contribution in [2.45, 2.75) is 6.54 Å². The Kier molecular flexibility index (Phi) is 6.62. The van der Waals surface area contributed by atoms with Gasteiger partial charge in [0.15, 0.2) is 12.4 Å². The van der Waals surface area contributed by atoms with Crippen LogP contribution in [0.1, 0.15) is 0 Å². The molecule has 106 valence electrons. The average Bonchev–Trinajstić information content (AvgIpc) is 2.40. The van der Waals surface area contributed by atoms with Gasteiger partial charge in [-0.25, -0.2) is 0 Å². The van der Waals surface area contributed by atoms with E-state index in [0.29, 0.717) is 26.2 Å². The van der Waals surface area contributed by atoms with Crippen molar-refractivity contribution in [3.63, 3.8) is 0 Å². The first-order valence-electron chi connectivity index (χ1n) is 5.97. The fourth-order valence-corrected chi connectivity index (χ4v) is 1.43. The van der Waals surface area contributed by atoms with Crippen molar-refractivity contribution < 1.29 is 14.3 Å². The van der Waals surface area contributed by atoms with Gasteiger partial charge in [-0.15, -0.1) is 0 Å². The molecule has 0 spiro atoms. The number of pyridine rings is 1. The monoisotopic (exact) mass is 269 g/mol. The van der Waals surface area contributed by atoms with Gasteiger partial charge in [-0.05, 0) is 12.1 Å². The number of methoxy groups -OCH3 is 1. The van der Waals surface area contributed by atoms with E-state index in [1.165, 1.54) is 10.6 Å². The molecule has 1 amide bonds. The van der Waals surface area contributed by atoms with Gasteiger partial charge >= 0.3 is 0 Å². The molecule has 0 aliphatic heterocycles. The first-order chi connectivity index (χ1) is 9.19. The maximum atomic E-state index is 11.9. The van der Waals surface area contributed by atoms with Crippen LogP contribution in [0.25, 0.3) is 0 Å². The van der Waals surface area contributed by atoms with E-state index >= 15 is 0 Å². The standard InChI is InChI=1S/C12H19N3O4/c1-18-8-5-14-11(16)9-19-10-3-2-6-15(7-4-13)12(10)17/h2-3,6H,4-5,7-9,13H2,1H3,(H,14,16). The van der Waals surface area contributed by atoms with Gasteiger partial charge in [-0.1, -0.05) is 0 Å². The summed E-state index contributed by atoms with van der Waals surface area (Å²) in [6.45, 7) is 1.41. The van der Waals surface area contributed by atoms with Crippen LogP contribution >= 0.6 is 0 Å². The van der Waals surface area contributed by atoms with Crippen molar-refractivity contribution in [1.82, 2.24) is 9.88 Å². The summed E-state index contributed by atoms with van der Waals surface area (Å²) in [5.41, 5.74) is 5.10. The fraction of sp³-hybridized carbons (Fsp3) is 0.500. The molecular formula is C12H19N3O4. The molecule has 0 fully saturated rings. The number of hydrogen-bond acceptors (Lipinski definition) is 5. The van der Waals surface area contributed by atoms with Crippen molar-refractivity contribution in [2.75, 3.05) is 33.4 Å². The van der Waals surface area contributed by atoms with E-state index in [9.17, 15) is 9.59 Å². The number of ether oxygens (including phenoxy) is 2. The Bertz CT molecular complexity index is 459. The van der Waals surface area contributed by atoms with Gasteiger partial charge in [0.25, 0.3) is 11.5 Å². The molecule has 19 heavy (non-hydrogen) atoms. The van der Waals surface area contributed by atoms with Gasteiger partial charge in [-0.3, -0.25) is 9.59 Å². The molecule has 1 rings (SSSR count). The summed E-state index contributed by atoms with van der Waals surface area (Å²) in [6.07, 6.45) is 1.63. The van der Waals surface area contributed by atoms with E-state index in [1.807, 2.05) is 0 Å². The Labute approximate surface area is 111 Å². The molecule has 7 nitrogen and oxygen atoms in total. The lowest BCUT2D eigenvalue weighted by molar-refractivity contribution is -0.123. The lowest BCUT2D eigenvalue weighted by Gasteiger charge is -2.09. The summed E-state index contributed by atoms with van der Waals surface area (Å²) in [5.74, 6) is -0.163. The summed E-state index contributed by atoms with van der Waals surface area (Å²) in [5, 5.41) is 2.60. The third kappa shape index (κ3) is 5.11. The minimum Gasteiger partial charge on any atom is -0.478 e. The number of nitrogens with zero attached hydrogens (tertiary/aromatic N) is 1. The highest BCUT2D eigenvalue weighted by molar-refractivity contribution is 5.77. The van der Waals surface area contributed by atoms with Crippen LogP contribution in [0.2, 0.25) is 0 Å². The first-order valence-corrected chi connectivity index (χ1v) is 5.97. The molecule has 0 bridgehead atoms. The molecule has 0 aliphatic rings. The smallest absolute Gasteiger partial charge is 0.292 e. The van der Waals surface area contributed by atoms with E-state index in [-0.39, 0.29) is 23.8 Å². The van der Waals surface area contributed by atoms with Crippen molar-refractivity contribution in [3.8, 4) is 5.75 Å². The van der Waals surface area contributed by atoms with Crippen LogP contribution in [-0.2, 0) is 16.1 Å². The van der Waals surface area contributed by atoms with Gasteiger partial charge in [0.2, 0.25) is 0 Å². The number of nitrogens with one attached hydrogen (secondary N) is 1. The van der Waals surface area contributed by atoms with Gasteiger partial charge in [0.1, 0.15) is 0 Å². The minimum atomic E-state index is -0.300. The number of amides is 1. The Morgan fingerprint density at radius 3 is 3.00 bits per heavy atom. The highest BCUT2D eigenvalue weighted by Gasteiger charge is 2.06. The second kappa shape index (κ2) is 8.28. The normalized spacial score (nSPS) is 10.2. The van der Waals surface area contributed by atoms with Crippen LogP contribution in [0.15, 0.2) is 23.1 Å². The van der Waals surface area contributed by atoms with Crippen LogP contribution in [0.4, 0.5) is 0 Å². The third-order valence-corrected chi connectivity index (χ3v) is 2.34. The summed E-state index contributed by atoms with van der Waals surface area (Å²) in [4.78, 5) is 23.3. The number of hydrogen-bond donors (Lipinski definition) is 2. The number of carbonyl (C=O) groups is 1. The molecule has 0 radical (unpaired) electrons. The summed E-state index contributed by atoms with van der Waals surface area (Å²) >= 11 is 0. The molecule has 1 aromatic heterocycles. The van der Waals surface area contributed by atoms with E-state index in [0.717, 1.165) is 0 Å². The summed E-state index contributed by atoms with van der Waals surface area (Å²) in [7, 11) is 1.55. The number of nitrogens with two attached hydrogens (primary N) is 1. The number of rotatable bonds is 8. The lowest BCUT2D eigenvalue weighted by atomic mass is 10.4. The molecule has 0 saturated heterocycles. The molecule has 0 saturated carbocycles. The summed E-state index contributed by atoms with van der Waals surface area (Å²) < 4.78 is 11.4. The minimum absolute atomic E-state index is 0.137. The fourth-order valence-electron chi connectivity index (χ4n) is 1.43. The molecular weight excluding hydrogens is 250 g/mol. The molecule has 0 atom stereocenters. The van der Waals surface area contributed by atoms with Crippen LogP contribution in [0, 0.1) is 0 Å². The van der Waals surface area contributed by atoms with E-state index in [4.69, 9.17) is 15.2 Å². The third-order valence-electron chi connectivity index (χ3n) is 2.34. The van der Waals surface area contributed by atoms with E-state index < -0.39 is 0 Å². The topological polar surface area (TPSA) is 95.6 Å². The Hall–Kier alpha value is -1.86.